The highest BCUT2D eigenvalue weighted by molar-refractivity contribution is 5.86. The third-order valence-corrected chi connectivity index (χ3v) is 4.63. The van der Waals surface area contributed by atoms with Gasteiger partial charge in [0.1, 0.15) is 0 Å². The molecule has 2 N–H and O–H groups in total. The zero-order valence-corrected chi connectivity index (χ0v) is 13.8. The fraction of sp³-hybridized carbons (Fsp3) is 0.875. The summed E-state index contributed by atoms with van der Waals surface area (Å²) < 4.78 is 0. The van der Waals surface area contributed by atoms with Gasteiger partial charge in [-0.05, 0) is 39.2 Å². The van der Waals surface area contributed by atoms with E-state index >= 15 is 0 Å². The maximum Gasteiger partial charge on any atom is 0.240 e. The number of nitrogens with one attached hydrogen (secondary N) is 2. The summed E-state index contributed by atoms with van der Waals surface area (Å²) in [6.45, 7) is 10.2. The topological polar surface area (TPSA) is 61.4 Å². The number of nitrogens with zero attached hydrogens (tertiary/aromatic N) is 1. The molecular weight excluding hydrogens is 266 g/mol. The first-order chi connectivity index (χ1) is 9.72. The zero-order chi connectivity index (χ0) is 15.7. The highest BCUT2D eigenvalue weighted by Crippen LogP contribution is 2.22. The molecule has 2 saturated heterocycles. The van der Waals surface area contributed by atoms with Crippen LogP contribution >= 0.6 is 0 Å². The van der Waals surface area contributed by atoms with Crippen molar-refractivity contribution in [3.63, 3.8) is 0 Å². The first-order valence-electron chi connectivity index (χ1n) is 8.08. The molecule has 2 fully saturated rings. The van der Waals surface area contributed by atoms with Crippen molar-refractivity contribution in [2.75, 3.05) is 19.6 Å². The molecule has 5 nitrogen and oxygen atoms in total. The van der Waals surface area contributed by atoms with Crippen molar-refractivity contribution in [3.05, 3.63) is 0 Å². The van der Waals surface area contributed by atoms with E-state index in [1.54, 1.807) is 0 Å². The third kappa shape index (κ3) is 3.76. The van der Waals surface area contributed by atoms with Crippen LogP contribution in [-0.4, -0.2) is 47.9 Å². The minimum Gasteiger partial charge on any atom is -0.352 e. The van der Waals surface area contributed by atoms with Gasteiger partial charge in [-0.15, -0.1) is 0 Å². The van der Waals surface area contributed by atoms with Crippen molar-refractivity contribution in [1.82, 2.24) is 15.5 Å². The van der Waals surface area contributed by atoms with E-state index in [9.17, 15) is 9.59 Å². The molecule has 2 aliphatic rings. The molecule has 2 aliphatic heterocycles. The third-order valence-electron chi connectivity index (χ3n) is 4.63. The summed E-state index contributed by atoms with van der Waals surface area (Å²) in [6.07, 6.45) is 3.66. The predicted molar refractivity (Wildman–Crippen MR) is 82.8 cm³/mol. The van der Waals surface area contributed by atoms with Crippen molar-refractivity contribution in [2.45, 2.75) is 65.0 Å². The zero-order valence-electron chi connectivity index (χ0n) is 13.8. The van der Waals surface area contributed by atoms with E-state index in [0.29, 0.717) is 0 Å². The number of amides is 2. The Balaban J connectivity index is 1.82. The minimum absolute atomic E-state index is 0.112. The number of carbonyl (C=O) groups is 2. The molecule has 21 heavy (non-hydrogen) atoms. The fourth-order valence-corrected chi connectivity index (χ4v) is 3.13. The summed E-state index contributed by atoms with van der Waals surface area (Å²) in [6, 6.07) is 0.195. The van der Waals surface area contributed by atoms with Crippen LogP contribution in [0.4, 0.5) is 0 Å². The van der Waals surface area contributed by atoms with Crippen molar-refractivity contribution in [3.8, 4) is 0 Å². The monoisotopic (exact) mass is 295 g/mol. The minimum atomic E-state index is -0.404. The Labute approximate surface area is 127 Å². The number of piperidine rings is 1. The van der Waals surface area contributed by atoms with Gasteiger partial charge in [-0.25, -0.2) is 0 Å². The molecule has 0 bridgehead atoms. The van der Waals surface area contributed by atoms with Crippen molar-refractivity contribution in [1.29, 1.82) is 0 Å². The molecule has 0 radical (unpaired) electrons. The summed E-state index contributed by atoms with van der Waals surface area (Å²) >= 11 is 0. The van der Waals surface area contributed by atoms with Crippen LogP contribution in [0.15, 0.2) is 0 Å². The van der Waals surface area contributed by atoms with E-state index in [1.165, 1.54) is 0 Å². The van der Waals surface area contributed by atoms with Crippen LogP contribution in [0.1, 0.15) is 53.4 Å². The Morgan fingerprint density at radius 1 is 1.24 bits per heavy atom. The second-order valence-electron chi connectivity index (χ2n) is 7.65. The molecule has 0 aromatic rings. The molecule has 120 valence electrons. The Bertz CT molecular complexity index is 400. The van der Waals surface area contributed by atoms with Crippen molar-refractivity contribution in [2.24, 2.45) is 5.41 Å². The van der Waals surface area contributed by atoms with E-state index in [4.69, 9.17) is 0 Å². The van der Waals surface area contributed by atoms with Crippen LogP contribution in [0.25, 0.3) is 0 Å². The quantitative estimate of drug-likeness (QED) is 0.807. The summed E-state index contributed by atoms with van der Waals surface area (Å²) in [5, 5.41) is 6.45. The van der Waals surface area contributed by atoms with Gasteiger partial charge in [0, 0.05) is 24.5 Å². The van der Waals surface area contributed by atoms with Crippen LogP contribution < -0.4 is 10.6 Å². The molecule has 2 rings (SSSR count). The smallest absolute Gasteiger partial charge is 0.240 e. The maximum absolute atomic E-state index is 12.4. The lowest BCUT2D eigenvalue weighted by atomic mass is 9.92. The van der Waals surface area contributed by atoms with Gasteiger partial charge in [0.2, 0.25) is 11.8 Å². The molecule has 5 heteroatoms. The number of rotatable bonds is 2. The molecule has 2 amide bonds. The first kappa shape index (κ1) is 16.3. The second-order valence-corrected chi connectivity index (χ2v) is 7.65. The van der Waals surface area contributed by atoms with Crippen LogP contribution in [0, 0.1) is 5.41 Å². The van der Waals surface area contributed by atoms with Crippen molar-refractivity contribution < 1.29 is 9.59 Å². The van der Waals surface area contributed by atoms with E-state index < -0.39 is 5.54 Å². The lowest BCUT2D eigenvalue weighted by Crippen LogP contribution is -2.56. The Morgan fingerprint density at radius 3 is 2.33 bits per heavy atom. The van der Waals surface area contributed by atoms with E-state index in [0.717, 1.165) is 45.3 Å². The normalized spacial score (nSPS) is 27.7. The molecular formula is C16H29N3O2. The van der Waals surface area contributed by atoms with Crippen LogP contribution in [-0.2, 0) is 9.59 Å². The highest BCUT2D eigenvalue weighted by Gasteiger charge is 2.37. The molecule has 1 unspecified atom stereocenters. The summed E-state index contributed by atoms with van der Waals surface area (Å²) in [5.74, 6) is 0.317. The van der Waals surface area contributed by atoms with Gasteiger partial charge >= 0.3 is 0 Å². The van der Waals surface area contributed by atoms with Gasteiger partial charge in [0.25, 0.3) is 0 Å². The Kier molecular flexibility index (Phi) is 4.61. The highest BCUT2D eigenvalue weighted by atomic mass is 16.2. The fourth-order valence-electron chi connectivity index (χ4n) is 3.13. The van der Waals surface area contributed by atoms with E-state index in [1.807, 2.05) is 32.6 Å². The summed E-state index contributed by atoms with van der Waals surface area (Å²) in [7, 11) is 0. The standard InChI is InChI=1S/C16H29N3O2/c1-15(2,3)14(21)19-10-6-12(7-11-19)18-13(20)16(4)8-5-9-17-16/h12,17H,5-11H2,1-4H3,(H,18,20). The van der Waals surface area contributed by atoms with Gasteiger partial charge in [-0.1, -0.05) is 20.8 Å². The predicted octanol–water partition coefficient (Wildman–Crippen LogP) is 1.28. The Hall–Kier alpha value is -1.10. The molecule has 1 atom stereocenters. The van der Waals surface area contributed by atoms with Gasteiger partial charge in [0.05, 0.1) is 5.54 Å². The molecule has 2 heterocycles. The second kappa shape index (κ2) is 5.95. The summed E-state index contributed by atoms with van der Waals surface area (Å²) in [5.41, 5.74) is -0.726. The maximum atomic E-state index is 12.4. The van der Waals surface area contributed by atoms with Crippen LogP contribution in [0.3, 0.4) is 0 Å². The van der Waals surface area contributed by atoms with E-state index in [2.05, 4.69) is 10.6 Å². The first-order valence-corrected chi connectivity index (χ1v) is 8.08. The van der Waals surface area contributed by atoms with Crippen LogP contribution in [0.2, 0.25) is 0 Å². The van der Waals surface area contributed by atoms with Crippen LogP contribution in [0.5, 0.6) is 0 Å². The molecule has 0 saturated carbocycles. The number of hydrogen-bond donors (Lipinski definition) is 2. The SMILES string of the molecule is CC(C)(C)C(=O)N1CCC(NC(=O)C2(C)CCCN2)CC1. The Morgan fingerprint density at radius 2 is 1.86 bits per heavy atom. The molecule has 0 spiro atoms. The molecule has 0 aromatic carbocycles. The number of likely N-dealkylation sites (tertiary alicyclic amines) is 1. The average Bonchev–Trinajstić information content (AvgIpc) is 2.86. The lowest BCUT2D eigenvalue weighted by molar-refractivity contribution is -0.140. The van der Waals surface area contributed by atoms with Gasteiger partial charge in [0.15, 0.2) is 0 Å². The lowest BCUT2D eigenvalue weighted by Gasteiger charge is -2.37. The van der Waals surface area contributed by atoms with Crippen molar-refractivity contribution >= 4 is 11.8 Å². The van der Waals surface area contributed by atoms with Gasteiger partial charge in [-0.3, -0.25) is 9.59 Å². The van der Waals surface area contributed by atoms with Gasteiger partial charge in [-0.2, -0.15) is 0 Å². The molecule has 0 aliphatic carbocycles. The summed E-state index contributed by atoms with van der Waals surface area (Å²) in [4.78, 5) is 26.5. The largest absolute Gasteiger partial charge is 0.352 e. The average molecular weight is 295 g/mol. The molecule has 0 aromatic heterocycles. The van der Waals surface area contributed by atoms with Gasteiger partial charge < -0.3 is 15.5 Å². The number of hydrogen-bond acceptors (Lipinski definition) is 3. The van der Waals surface area contributed by atoms with E-state index in [-0.39, 0.29) is 23.3 Å². The number of carbonyl (C=O) groups excluding carboxylic acids is 2.